The molecule has 5 heteroatoms. The van der Waals surface area contributed by atoms with Crippen LogP contribution in [-0.4, -0.2) is 26.4 Å². The summed E-state index contributed by atoms with van der Waals surface area (Å²) >= 11 is 0. The van der Waals surface area contributed by atoms with Crippen molar-refractivity contribution in [2.45, 2.75) is 0 Å². The minimum atomic E-state index is 0.743. The summed E-state index contributed by atoms with van der Waals surface area (Å²) in [6.07, 6.45) is 4.85. The van der Waals surface area contributed by atoms with E-state index in [9.17, 15) is 0 Å². The average Bonchev–Trinajstić information content (AvgIpc) is 2.50. The zero-order valence-corrected chi connectivity index (χ0v) is 6.02. The second-order valence-corrected chi connectivity index (χ2v) is 2.07. The van der Waals surface area contributed by atoms with Crippen LogP contribution >= 0.6 is 0 Å². The topological polar surface area (TPSA) is 55.1 Å². The number of fused-ring (bicyclic) bond motifs is 1. The Morgan fingerprint density at radius 1 is 1.45 bits per heavy atom. The van der Waals surface area contributed by atoms with E-state index in [4.69, 9.17) is 0 Å². The first-order valence-electron chi connectivity index (χ1n) is 3.22. The van der Waals surface area contributed by atoms with Crippen LogP contribution in [0.3, 0.4) is 0 Å². The van der Waals surface area contributed by atoms with Crippen LogP contribution in [-0.2, 0) is 0 Å². The molecule has 0 saturated carbocycles. The van der Waals surface area contributed by atoms with Crippen LogP contribution in [0.2, 0.25) is 0 Å². The maximum atomic E-state index is 4.00. The van der Waals surface area contributed by atoms with E-state index in [0.717, 1.165) is 11.6 Å². The maximum absolute atomic E-state index is 4.00. The molecule has 0 spiro atoms. The van der Waals surface area contributed by atoms with Gasteiger partial charge in [-0.1, -0.05) is 0 Å². The van der Waals surface area contributed by atoms with Gasteiger partial charge >= 0.3 is 0 Å². The van der Waals surface area contributed by atoms with Gasteiger partial charge in [0, 0.05) is 7.05 Å². The molecule has 0 unspecified atom stereocenters. The molecule has 11 heavy (non-hydrogen) atoms. The summed E-state index contributed by atoms with van der Waals surface area (Å²) in [4.78, 5) is 11.9. The second kappa shape index (κ2) is 2.19. The lowest BCUT2D eigenvalue weighted by atomic mass is 10.7. The molecule has 0 radical (unpaired) electrons. The highest BCUT2D eigenvalue weighted by atomic mass is 15.2. The zero-order valence-electron chi connectivity index (χ0n) is 6.02. The molecule has 0 aliphatic rings. The molecule has 2 aromatic rings. The Kier molecular flexibility index (Phi) is 1.21. The van der Waals surface area contributed by atoms with Crippen molar-refractivity contribution in [2.24, 2.45) is 0 Å². The molecule has 0 aliphatic carbocycles. The summed E-state index contributed by atoms with van der Waals surface area (Å²) in [5, 5.41) is 2.93. The molecule has 5 nitrogen and oxygen atoms in total. The number of hydrogen-bond donors (Lipinski definition) is 1. The molecular formula is C6H7N5. The third-order valence-electron chi connectivity index (χ3n) is 1.44. The highest BCUT2D eigenvalue weighted by Crippen LogP contribution is 2.03. The Hall–Kier alpha value is -1.65. The standard InChI is InChI=1S/C6H7N5/c1-7-6-10-3-9-5-2-8-4-11(5)6/h2-4H,1H3,(H,7,9,10). The average molecular weight is 149 g/mol. The van der Waals surface area contributed by atoms with Gasteiger partial charge in [-0.05, 0) is 0 Å². The van der Waals surface area contributed by atoms with E-state index in [1.165, 1.54) is 6.33 Å². The zero-order chi connectivity index (χ0) is 7.68. The van der Waals surface area contributed by atoms with Gasteiger partial charge in [-0.25, -0.2) is 15.0 Å². The minimum absolute atomic E-state index is 0.743. The van der Waals surface area contributed by atoms with E-state index in [-0.39, 0.29) is 0 Å². The lowest BCUT2D eigenvalue weighted by Crippen LogP contribution is -2.00. The predicted molar refractivity (Wildman–Crippen MR) is 40.3 cm³/mol. The molecule has 0 saturated heterocycles. The van der Waals surface area contributed by atoms with Gasteiger partial charge in [0.05, 0.1) is 6.20 Å². The monoisotopic (exact) mass is 149 g/mol. The lowest BCUT2D eigenvalue weighted by molar-refractivity contribution is 1.02. The van der Waals surface area contributed by atoms with Crippen molar-refractivity contribution in [3.63, 3.8) is 0 Å². The van der Waals surface area contributed by atoms with Gasteiger partial charge in [-0.15, -0.1) is 0 Å². The second-order valence-electron chi connectivity index (χ2n) is 2.07. The summed E-state index contributed by atoms with van der Waals surface area (Å²) < 4.78 is 1.78. The van der Waals surface area contributed by atoms with Crippen molar-refractivity contribution in [1.29, 1.82) is 0 Å². The molecule has 0 bridgehead atoms. The van der Waals surface area contributed by atoms with E-state index in [2.05, 4.69) is 20.3 Å². The van der Waals surface area contributed by atoms with Gasteiger partial charge in [-0.3, -0.25) is 4.40 Å². The summed E-state index contributed by atoms with van der Waals surface area (Å²) in [5.74, 6) is 0.743. The van der Waals surface area contributed by atoms with E-state index >= 15 is 0 Å². The molecule has 2 rings (SSSR count). The van der Waals surface area contributed by atoms with Crippen molar-refractivity contribution in [2.75, 3.05) is 12.4 Å². The molecule has 0 amide bonds. The van der Waals surface area contributed by atoms with Gasteiger partial charge in [0.2, 0.25) is 5.95 Å². The highest BCUT2D eigenvalue weighted by molar-refractivity contribution is 5.41. The Bertz CT molecular complexity index is 366. The number of rotatable bonds is 1. The number of imidazole rings is 1. The predicted octanol–water partition coefficient (Wildman–Crippen LogP) is 0.166. The highest BCUT2D eigenvalue weighted by Gasteiger charge is 1.97. The van der Waals surface area contributed by atoms with Crippen LogP contribution in [0.25, 0.3) is 5.65 Å². The van der Waals surface area contributed by atoms with Crippen molar-refractivity contribution in [3.05, 3.63) is 18.9 Å². The summed E-state index contributed by atoms with van der Waals surface area (Å²) in [6.45, 7) is 0. The molecule has 0 atom stereocenters. The fourth-order valence-electron chi connectivity index (χ4n) is 0.937. The fourth-order valence-corrected chi connectivity index (χ4v) is 0.937. The lowest BCUT2D eigenvalue weighted by Gasteiger charge is -1.99. The van der Waals surface area contributed by atoms with Crippen LogP contribution in [0.4, 0.5) is 5.95 Å². The Balaban J connectivity index is 2.79. The number of hydrogen-bond acceptors (Lipinski definition) is 4. The third kappa shape index (κ3) is 0.813. The quantitative estimate of drug-likeness (QED) is 0.627. The van der Waals surface area contributed by atoms with Crippen LogP contribution in [0, 0.1) is 0 Å². The molecule has 2 aromatic heterocycles. The fraction of sp³-hybridized carbons (Fsp3) is 0.167. The van der Waals surface area contributed by atoms with E-state index in [1.54, 1.807) is 16.9 Å². The van der Waals surface area contributed by atoms with Gasteiger partial charge in [-0.2, -0.15) is 0 Å². The molecule has 0 aliphatic heterocycles. The Morgan fingerprint density at radius 2 is 2.36 bits per heavy atom. The normalized spacial score (nSPS) is 10.3. The number of nitrogens with zero attached hydrogens (tertiary/aromatic N) is 4. The maximum Gasteiger partial charge on any atom is 0.211 e. The van der Waals surface area contributed by atoms with Crippen molar-refractivity contribution >= 4 is 11.6 Å². The minimum Gasteiger partial charge on any atom is -0.358 e. The summed E-state index contributed by atoms with van der Waals surface area (Å²) in [7, 11) is 1.81. The largest absolute Gasteiger partial charge is 0.358 e. The van der Waals surface area contributed by atoms with Gasteiger partial charge in [0.1, 0.15) is 12.7 Å². The SMILES string of the molecule is CNc1ncnc2cncn12. The van der Waals surface area contributed by atoms with Crippen LogP contribution in [0.1, 0.15) is 0 Å². The first kappa shape index (κ1) is 6.09. The van der Waals surface area contributed by atoms with Crippen molar-refractivity contribution < 1.29 is 0 Å². The summed E-state index contributed by atoms with van der Waals surface area (Å²) in [6, 6.07) is 0. The van der Waals surface area contributed by atoms with Crippen LogP contribution < -0.4 is 5.32 Å². The number of aromatic nitrogens is 4. The van der Waals surface area contributed by atoms with Gasteiger partial charge in [0.15, 0.2) is 5.65 Å². The van der Waals surface area contributed by atoms with Gasteiger partial charge in [0.25, 0.3) is 0 Å². The molecule has 0 aromatic carbocycles. The van der Waals surface area contributed by atoms with Crippen molar-refractivity contribution in [3.8, 4) is 0 Å². The molecule has 2 heterocycles. The Labute approximate surface area is 63.1 Å². The first-order chi connectivity index (χ1) is 5.42. The smallest absolute Gasteiger partial charge is 0.211 e. The summed E-state index contributed by atoms with van der Waals surface area (Å²) in [5.41, 5.74) is 0.796. The molecule has 56 valence electrons. The third-order valence-corrected chi connectivity index (χ3v) is 1.44. The molecule has 0 fully saturated rings. The van der Waals surface area contributed by atoms with Gasteiger partial charge < -0.3 is 5.32 Å². The van der Waals surface area contributed by atoms with E-state index in [0.29, 0.717) is 0 Å². The van der Waals surface area contributed by atoms with E-state index < -0.39 is 0 Å². The van der Waals surface area contributed by atoms with E-state index in [1.807, 2.05) is 7.05 Å². The molecular weight excluding hydrogens is 142 g/mol. The molecule has 1 N–H and O–H groups in total. The Morgan fingerprint density at radius 3 is 3.18 bits per heavy atom. The number of nitrogens with one attached hydrogen (secondary N) is 1. The van der Waals surface area contributed by atoms with Crippen molar-refractivity contribution in [1.82, 2.24) is 19.4 Å². The van der Waals surface area contributed by atoms with Crippen LogP contribution in [0.5, 0.6) is 0 Å². The first-order valence-corrected chi connectivity index (χ1v) is 3.22. The number of anilines is 1. The van der Waals surface area contributed by atoms with Crippen LogP contribution in [0.15, 0.2) is 18.9 Å².